The third kappa shape index (κ3) is 3.30. The molecule has 2 N–H and O–H groups in total. The molecule has 0 radical (unpaired) electrons. The van der Waals surface area contributed by atoms with Gasteiger partial charge < -0.3 is 5.73 Å². The fourth-order valence-electron chi connectivity index (χ4n) is 1.76. The average Bonchev–Trinajstić information content (AvgIpc) is 2.66. The second kappa shape index (κ2) is 6.56. The highest BCUT2D eigenvalue weighted by molar-refractivity contribution is 5.09. The second-order valence-electron chi connectivity index (χ2n) is 3.81. The summed E-state index contributed by atoms with van der Waals surface area (Å²) < 4.78 is 1.90. The highest BCUT2D eigenvalue weighted by Crippen LogP contribution is 2.10. The summed E-state index contributed by atoms with van der Waals surface area (Å²) in [6.45, 7) is 5.69. The molecule has 0 bridgehead atoms. The molecular weight excluding hydrogens is 188 g/mol. The second-order valence-corrected chi connectivity index (χ2v) is 3.81. The van der Waals surface area contributed by atoms with Crippen LogP contribution in [0.25, 0.3) is 0 Å². The number of aromatic nitrogens is 3. The highest BCUT2D eigenvalue weighted by Gasteiger charge is 2.09. The SMILES string of the molecule is CCCCCCc1nnn(CC)c1CN. The summed E-state index contributed by atoms with van der Waals surface area (Å²) in [5.74, 6) is 0. The standard InChI is InChI=1S/C11H22N4/c1-3-5-6-7-8-10-11(9-12)15(4-2)14-13-10/h3-9,12H2,1-2H3. The molecule has 15 heavy (non-hydrogen) atoms. The predicted octanol–water partition coefficient (Wildman–Crippen LogP) is 1.88. The Bertz CT molecular complexity index is 280. The Balaban J connectivity index is 2.49. The van der Waals surface area contributed by atoms with Crippen LogP contribution in [0, 0.1) is 0 Å². The number of hydrogen-bond donors (Lipinski definition) is 1. The van der Waals surface area contributed by atoms with E-state index in [2.05, 4.69) is 24.2 Å². The molecule has 0 fully saturated rings. The number of aryl methyl sites for hydroxylation is 2. The van der Waals surface area contributed by atoms with Crippen molar-refractivity contribution in [1.29, 1.82) is 0 Å². The smallest absolute Gasteiger partial charge is 0.0872 e. The Morgan fingerprint density at radius 1 is 1.20 bits per heavy atom. The molecule has 0 atom stereocenters. The lowest BCUT2D eigenvalue weighted by atomic mass is 10.1. The average molecular weight is 210 g/mol. The Morgan fingerprint density at radius 3 is 2.60 bits per heavy atom. The van der Waals surface area contributed by atoms with E-state index in [0.717, 1.165) is 24.4 Å². The Kier molecular flexibility index (Phi) is 5.32. The first-order valence-electron chi connectivity index (χ1n) is 5.94. The lowest BCUT2D eigenvalue weighted by Gasteiger charge is -2.02. The van der Waals surface area contributed by atoms with E-state index in [4.69, 9.17) is 5.73 Å². The van der Waals surface area contributed by atoms with Gasteiger partial charge in [0.05, 0.1) is 11.4 Å². The molecule has 0 saturated carbocycles. The van der Waals surface area contributed by atoms with Gasteiger partial charge in [0.1, 0.15) is 0 Å². The van der Waals surface area contributed by atoms with Gasteiger partial charge in [-0.3, -0.25) is 0 Å². The first-order valence-corrected chi connectivity index (χ1v) is 5.94. The van der Waals surface area contributed by atoms with Crippen molar-refractivity contribution in [1.82, 2.24) is 15.0 Å². The van der Waals surface area contributed by atoms with E-state index < -0.39 is 0 Å². The zero-order chi connectivity index (χ0) is 11.1. The first kappa shape index (κ1) is 12.2. The minimum absolute atomic E-state index is 0.546. The van der Waals surface area contributed by atoms with Crippen molar-refractivity contribution >= 4 is 0 Å². The summed E-state index contributed by atoms with van der Waals surface area (Å²) in [6.07, 6.45) is 6.07. The van der Waals surface area contributed by atoms with Crippen LogP contribution < -0.4 is 5.73 Å². The maximum atomic E-state index is 5.70. The summed E-state index contributed by atoms with van der Waals surface area (Å²) in [6, 6.07) is 0. The predicted molar refractivity (Wildman–Crippen MR) is 61.4 cm³/mol. The zero-order valence-electron chi connectivity index (χ0n) is 9.87. The molecule has 1 aromatic rings. The van der Waals surface area contributed by atoms with Crippen molar-refractivity contribution in [3.05, 3.63) is 11.4 Å². The van der Waals surface area contributed by atoms with Gasteiger partial charge in [-0.1, -0.05) is 31.4 Å². The van der Waals surface area contributed by atoms with Gasteiger partial charge in [0.15, 0.2) is 0 Å². The van der Waals surface area contributed by atoms with Crippen LogP contribution in [0.5, 0.6) is 0 Å². The van der Waals surface area contributed by atoms with E-state index in [1.54, 1.807) is 0 Å². The normalized spacial score (nSPS) is 10.9. The summed E-state index contributed by atoms with van der Waals surface area (Å²) in [5, 5.41) is 8.28. The van der Waals surface area contributed by atoms with Crippen LogP contribution >= 0.6 is 0 Å². The lowest BCUT2D eigenvalue weighted by molar-refractivity contribution is 0.598. The lowest BCUT2D eigenvalue weighted by Crippen LogP contribution is -2.09. The molecule has 0 aliphatic heterocycles. The van der Waals surface area contributed by atoms with Crippen molar-refractivity contribution in [2.75, 3.05) is 0 Å². The Hall–Kier alpha value is -0.900. The van der Waals surface area contributed by atoms with Gasteiger partial charge in [0.2, 0.25) is 0 Å². The maximum absolute atomic E-state index is 5.70. The number of nitrogens with zero attached hydrogens (tertiary/aromatic N) is 3. The van der Waals surface area contributed by atoms with Crippen LogP contribution in [-0.2, 0) is 19.5 Å². The molecule has 0 spiro atoms. The largest absolute Gasteiger partial charge is 0.325 e. The van der Waals surface area contributed by atoms with E-state index in [-0.39, 0.29) is 0 Å². The van der Waals surface area contributed by atoms with E-state index in [1.165, 1.54) is 25.7 Å². The topological polar surface area (TPSA) is 56.7 Å². The molecule has 0 aliphatic carbocycles. The van der Waals surface area contributed by atoms with E-state index >= 15 is 0 Å². The molecule has 0 aromatic carbocycles. The Labute approximate surface area is 91.9 Å². The van der Waals surface area contributed by atoms with E-state index in [0.29, 0.717) is 6.54 Å². The first-order chi connectivity index (χ1) is 7.33. The van der Waals surface area contributed by atoms with Gasteiger partial charge in [-0.15, -0.1) is 5.10 Å². The number of nitrogens with two attached hydrogens (primary N) is 1. The minimum atomic E-state index is 0.546. The van der Waals surface area contributed by atoms with Gasteiger partial charge in [-0.2, -0.15) is 0 Å². The van der Waals surface area contributed by atoms with Gasteiger partial charge in [-0.05, 0) is 19.8 Å². The molecule has 1 aromatic heterocycles. The summed E-state index contributed by atoms with van der Waals surface area (Å²) in [7, 11) is 0. The minimum Gasteiger partial charge on any atom is -0.325 e. The molecule has 86 valence electrons. The van der Waals surface area contributed by atoms with Crippen LogP contribution in [0.3, 0.4) is 0 Å². The van der Waals surface area contributed by atoms with Crippen molar-refractivity contribution in [2.45, 2.75) is 59.0 Å². The maximum Gasteiger partial charge on any atom is 0.0872 e. The Morgan fingerprint density at radius 2 is 2.00 bits per heavy atom. The van der Waals surface area contributed by atoms with Crippen molar-refractivity contribution in [2.24, 2.45) is 5.73 Å². The summed E-state index contributed by atoms with van der Waals surface area (Å²) >= 11 is 0. The fourth-order valence-corrected chi connectivity index (χ4v) is 1.76. The van der Waals surface area contributed by atoms with Crippen molar-refractivity contribution in [3.8, 4) is 0 Å². The molecule has 1 rings (SSSR count). The fraction of sp³-hybridized carbons (Fsp3) is 0.818. The summed E-state index contributed by atoms with van der Waals surface area (Å²) in [5.41, 5.74) is 7.90. The van der Waals surface area contributed by atoms with Crippen molar-refractivity contribution < 1.29 is 0 Å². The molecule has 4 nitrogen and oxygen atoms in total. The highest BCUT2D eigenvalue weighted by atomic mass is 15.4. The third-order valence-corrected chi connectivity index (χ3v) is 2.68. The monoisotopic (exact) mass is 210 g/mol. The van der Waals surface area contributed by atoms with Gasteiger partial charge in [-0.25, -0.2) is 4.68 Å². The molecular formula is C11H22N4. The van der Waals surface area contributed by atoms with Gasteiger partial charge in [0, 0.05) is 13.1 Å². The third-order valence-electron chi connectivity index (χ3n) is 2.68. The number of unbranched alkanes of at least 4 members (excludes halogenated alkanes) is 3. The van der Waals surface area contributed by atoms with Crippen LogP contribution in [0.1, 0.15) is 50.9 Å². The zero-order valence-corrected chi connectivity index (χ0v) is 9.87. The summed E-state index contributed by atoms with van der Waals surface area (Å²) in [4.78, 5) is 0. The molecule has 0 unspecified atom stereocenters. The molecule has 4 heteroatoms. The van der Waals surface area contributed by atoms with Crippen LogP contribution in [-0.4, -0.2) is 15.0 Å². The molecule has 0 aliphatic rings. The van der Waals surface area contributed by atoms with Crippen LogP contribution in [0.15, 0.2) is 0 Å². The van der Waals surface area contributed by atoms with E-state index in [9.17, 15) is 0 Å². The molecule has 0 amide bonds. The molecule has 0 saturated heterocycles. The van der Waals surface area contributed by atoms with Gasteiger partial charge >= 0.3 is 0 Å². The molecule has 1 heterocycles. The van der Waals surface area contributed by atoms with Gasteiger partial charge in [0.25, 0.3) is 0 Å². The quantitative estimate of drug-likeness (QED) is 0.699. The van der Waals surface area contributed by atoms with Crippen LogP contribution in [0.2, 0.25) is 0 Å². The van der Waals surface area contributed by atoms with Crippen molar-refractivity contribution in [3.63, 3.8) is 0 Å². The number of hydrogen-bond acceptors (Lipinski definition) is 3. The van der Waals surface area contributed by atoms with Crippen LogP contribution in [0.4, 0.5) is 0 Å². The number of rotatable bonds is 7. The van der Waals surface area contributed by atoms with E-state index in [1.807, 2.05) is 4.68 Å².